The maximum absolute atomic E-state index is 5.25. The molecule has 1 aliphatic carbocycles. The minimum Gasteiger partial charge on any atom is -0.376 e. The van der Waals surface area contributed by atoms with Gasteiger partial charge < -0.3 is 9.84 Å². The third-order valence-corrected chi connectivity index (χ3v) is 3.68. The number of nitrogens with zero attached hydrogens (tertiary/aromatic N) is 6. The Kier molecular flexibility index (Phi) is 3.06. The zero-order valence-corrected chi connectivity index (χ0v) is 12.1. The van der Waals surface area contributed by atoms with E-state index in [2.05, 4.69) is 31.0 Å². The number of hydrogen-bond acceptors (Lipinski definition) is 7. The van der Waals surface area contributed by atoms with Crippen LogP contribution < -0.4 is 5.32 Å². The summed E-state index contributed by atoms with van der Waals surface area (Å²) in [6, 6.07) is 6.01. The van der Waals surface area contributed by atoms with Gasteiger partial charge in [0.1, 0.15) is 6.33 Å². The van der Waals surface area contributed by atoms with Crippen LogP contribution in [0.4, 0.5) is 5.69 Å². The zero-order chi connectivity index (χ0) is 14.9. The molecule has 2 aromatic heterocycles. The Morgan fingerprint density at radius 1 is 1.36 bits per heavy atom. The van der Waals surface area contributed by atoms with Crippen LogP contribution in [0.5, 0.6) is 0 Å². The Bertz CT molecular complexity index is 776. The summed E-state index contributed by atoms with van der Waals surface area (Å²) in [5.41, 5.74) is 2.97. The van der Waals surface area contributed by atoms with Crippen molar-refractivity contribution in [2.45, 2.75) is 32.2 Å². The normalized spacial score (nSPS) is 14.2. The van der Waals surface area contributed by atoms with Crippen LogP contribution in [0.1, 0.15) is 36.0 Å². The van der Waals surface area contributed by atoms with E-state index in [1.165, 1.54) is 12.8 Å². The van der Waals surface area contributed by atoms with Gasteiger partial charge in [-0.15, -0.1) is 5.10 Å². The van der Waals surface area contributed by atoms with Gasteiger partial charge in [0, 0.05) is 11.6 Å². The molecule has 1 saturated carbocycles. The van der Waals surface area contributed by atoms with Crippen LogP contribution in [0.25, 0.3) is 5.69 Å². The van der Waals surface area contributed by atoms with Crippen molar-refractivity contribution >= 4 is 5.69 Å². The monoisotopic (exact) mass is 297 g/mol. The van der Waals surface area contributed by atoms with Crippen molar-refractivity contribution in [2.24, 2.45) is 0 Å². The predicted octanol–water partition coefficient (Wildman–Crippen LogP) is 1.84. The van der Waals surface area contributed by atoms with E-state index < -0.39 is 0 Å². The average Bonchev–Trinajstić information content (AvgIpc) is 3.04. The second kappa shape index (κ2) is 5.21. The first-order valence-electron chi connectivity index (χ1n) is 7.20. The van der Waals surface area contributed by atoms with Crippen molar-refractivity contribution in [3.8, 4) is 5.69 Å². The molecular formula is C14H15N7O. The molecule has 0 unspecified atom stereocenters. The number of rotatable bonds is 5. The molecule has 0 bridgehead atoms. The number of aryl methyl sites for hydroxylation is 1. The molecule has 0 aliphatic heterocycles. The number of aromatic nitrogens is 6. The molecule has 0 saturated heterocycles. The van der Waals surface area contributed by atoms with Gasteiger partial charge in [-0.1, -0.05) is 11.2 Å². The fourth-order valence-electron chi connectivity index (χ4n) is 2.26. The first-order chi connectivity index (χ1) is 10.8. The molecule has 1 aromatic carbocycles. The Labute approximate surface area is 126 Å². The maximum Gasteiger partial charge on any atom is 0.245 e. The van der Waals surface area contributed by atoms with Crippen molar-refractivity contribution in [1.82, 2.24) is 30.3 Å². The minimum absolute atomic E-state index is 0.498. The minimum atomic E-state index is 0.498. The van der Waals surface area contributed by atoms with Gasteiger partial charge >= 0.3 is 0 Å². The number of nitrogens with one attached hydrogen (secondary N) is 1. The van der Waals surface area contributed by atoms with Crippen molar-refractivity contribution < 1.29 is 4.52 Å². The summed E-state index contributed by atoms with van der Waals surface area (Å²) in [5.74, 6) is 1.94. The fraction of sp³-hybridized carbons (Fsp3) is 0.357. The lowest BCUT2D eigenvalue weighted by Crippen LogP contribution is -2.03. The zero-order valence-electron chi connectivity index (χ0n) is 12.1. The van der Waals surface area contributed by atoms with E-state index in [-0.39, 0.29) is 0 Å². The molecule has 0 radical (unpaired) electrons. The number of benzene rings is 1. The smallest absolute Gasteiger partial charge is 0.245 e. The molecule has 1 aliphatic rings. The van der Waals surface area contributed by atoms with Crippen LogP contribution in [0, 0.1) is 6.92 Å². The van der Waals surface area contributed by atoms with Crippen LogP contribution >= 0.6 is 0 Å². The summed E-state index contributed by atoms with van der Waals surface area (Å²) < 4.78 is 6.89. The quantitative estimate of drug-likeness (QED) is 0.767. The van der Waals surface area contributed by atoms with E-state index in [0.717, 1.165) is 22.8 Å². The average molecular weight is 297 g/mol. The number of hydrogen-bond donors (Lipinski definition) is 1. The van der Waals surface area contributed by atoms with Gasteiger partial charge in [-0.3, -0.25) is 0 Å². The summed E-state index contributed by atoms with van der Waals surface area (Å²) in [4.78, 5) is 4.40. The van der Waals surface area contributed by atoms with Gasteiger partial charge in [-0.25, -0.2) is 4.68 Å². The summed E-state index contributed by atoms with van der Waals surface area (Å²) in [6.07, 6.45) is 3.91. The van der Waals surface area contributed by atoms with Gasteiger partial charge in [0.2, 0.25) is 5.89 Å². The van der Waals surface area contributed by atoms with E-state index in [4.69, 9.17) is 4.52 Å². The largest absolute Gasteiger partial charge is 0.376 e. The SMILES string of the molecule is Cc1ccc(NCc2nc(C3CC3)no2)cc1-n1cnnn1. The Morgan fingerprint density at radius 2 is 2.27 bits per heavy atom. The number of tetrazole rings is 1. The molecule has 8 heteroatoms. The highest BCUT2D eigenvalue weighted by Gasteiger charge is 2.28. The van der Waals surface area contributed by atoms with Crippen LogP contribution in [0.3, 0.4) is 0 Å². The highest BCUT2D eigenvalue weighted by Crippen LogP contribution is 2.38. The predicted molar refractivity (Wildman–Crippen MR) is 77.5 cm³/mol. The van der Waals surface area contributed by atoms with Crippen molar-refractivity contribution in [3.63, 3.8) is 0 Å². The van der Waals surface area contributed by atoms with Gasteiger partial charge in [0.15, 0.2) is 5.82 Å². The molecule has 8 nitrogen and oxygen atoms in total. The molecule has 1 N–H and O–H groups in total. The fourth-order valence-corrected chi connectivity index (χ4v) is 2.26. The lowest BCUT2D eigenvalue weighted by atomic mass is 10.2. The third kappa shape index (κ3) is 2.54. The Hall–Kier alpha value is -2.77. The first kappa shape index (κ1) is 12.9. The lowest BCUT2D eigenvalue weighted by Gasteiger charge is -2.08. The van der Waals surface area contributed by atoms with Crippen LogP contribution in [-0.4, -0.2) is 30.3 Å². The van der Waals surface area contributed by atoms with E-state index in [1.807, 2.05) is 25.1 Å². The first-order valence-corrected chi connectivity index (χ1v) is 7.20. The van der Waals surface area contributed by atoms with Crippen LogP contribution in [0.15, 0.2) is 29.0 Å². The molecule has 1 fully saturated rings. The van der Waals surface area contributed by atoms with E-state index in [1.54, 1.807) is 11.0 Å². The van der Waals surface area contributed by atoms with Gasteiger partial charge in [0.05, 0.1) is 12.2 Å². The summed E-state index contributed by atoms with van der Waals surface area (Å²) in [5, 5.41) is 18.5. The van der Waals surface area contributed by atoms with Gasteiger partial charge in [0.25, 0.3) is 0 Å². The molecular weight excluding hydrogens is 282 g/mol. The molecule has 4 rings (SSSR count). The standard InChI is InChI=1S/C14H15N7O/c1-9-2-5-11(6-12(9)21-8-16-19-20-21)15-7-13-17-14(18-22-13)10-3-4-10/h2,5-6,8,10,15H,3-4,7H2,1H3. The molecule has 0 amide bonds. The van der Waals surface area contributed by atoms with E-state index in [9.17, 15) is 0 Å². The summed E-state index contributed by atoms with van der Waals surface area (Å²) in [6.45, 7) is 2.51. The van der Waals surface area contributed by atoms with Crippen LogP contribution in [-0.2, 0) is 6.54 Å². The van der Waals surface area contributed by atoms with Gasteiger partial charge in [-0.05, 0) is 47.9 Å². The second-order valence-electron chi connectivity index (χ2n) is 5.43. The second-order valence-corrected chi connectivity index (χ2v) is 5.43. The Morgan fingerprint density at radius 3 is 3.05 bits per heavy atom. The molecule has 0 atom stereocenters. The summed E-state index contributed by atoms with van der Waals surface area (Å²) >= 11 is 0. The summed E-state index contributed by atoms with van der Waals surface area (Å²) in [7, 11) is 0. The van der Waals surface area contributed by atoms with Crippen molar-refractivity contribution in [3.05, 3.63) is 41.8 Å². The molecule has 112 valence electrons. The van der Waals surface area contributed by atoms with Gasteiger partial charge in [-0.2, -0.15) is 4.98 Å². The number of anilines is 1. The Balaban J connectivity index is 1.49. The molecule has 0 spiro atoms. The topological polar surface area (TPSA) is 94.6 Å². The van der Waals surface area contributed by atoms with E-state index in [0.29, 0.717) is 18.4 Å². The highest BCUT2D eigenvalue weighted by molar-refractivity contribution is 5.54. The molecule has 2 heterocycles. The van der Waals surface area contributed by atoms with Crippen molar-refractivity contribution in [1.29, 1.82) is 0 Å². The molecule has 3 aromatic rings. The lowest BCUT2D eigenvalue weighted by molar-refractivity contribution is 0.378. The van der Waals surface area contributed by atoms with Crippen molar-refractivity contribution in [2.75, 3.05) is 5.32 Å². The maximum atomic E-state index is 5.25. The highest BCUT2D eigenvalue weighted by atomic mass is 16.5. The third-order valence-electron chi connectivity index (χ3n) is 3.68. The molecule has 22 heavy (non-hydrogen) atoms. The van der Waals surface area contributed by atoms with E-state index >= 15 is 0 Å². The van der Waals surface area contributed by atoms with Crippen LogP contribution in [0.2, 0.25) is 0 Å².